The van der Waals surface area contributed by atoms with E-state index in [9.17, 15) is 4.79 Å². The third-order valence-electron chi connectivity index (χ3n) is 4.60. The van der Waals surface area contributed by atoms with Crippen LogP contribution >= 0.6 is 11.3 Å². The van der Waals surface area contributed by atoms with Crippen molar-refractivity contribution in [1.29, 1.82) is 0 Å². The van der Waals surface area contributed by atoms with E-state index in [0.29, 0.717) is 5.92 Å². The summed E-state index contributed by atoms with van der Waals surface area (Å²) >= 11 is 1.60. The number of benzene rings is 1. The van der Waals surface area contributed by atoms with Gasteiger partial charge in [0.25, 0.3) is 5.91 Å². The lowest BCUT2D eigenvalue weighted by Gasteiger charge is -2.31. The van der Waals surface area contributed by atoms with Crippen molar-refractivity contribution in [3.8, 4) is 0 Å². The second-order valence-electron chi connectivity index (χ2n) is 6.17. The first kappa shape index (κ1) is 14.5. The first-order valence-electron chi connectivity index (χ1n) is 8.05. The van der Waals surface area contributed by atoms with Crippen molar-refractivity contribution >= 4 is 27.3 Å². The molecule has 1 N–H and O–H groups in total. The molecule has 2 aromatic heterocycles. The van der Waals surface area contributed by atoms with E-state index in [-0.39, 0.29) is 5.91 Å². The Kier molecular flexibility index (Phi) is 3.87. The zero-order valence-electron chi connectivity index (χ0n) is 12.9. The monoisotopic (exact) mass is 325 g/mol. The minimum atomic E-state index is 0.186. The van der Waals surface area contributed by atoms with Crippen LogP contribution in [-0.4, -0.2) is 33.9 Å². The maximum Gasteiger partial charge on any atom is 0.263 e. The highest BCUT2D eigenvalue weighted by Gasteiger charge is 2.25. The minimum absolute atomic E-state index is 0.186. The van der Waals surface area contributed by atoms with Gasteiger partial charge in [-0.1, -0.05) is 18.2 Å². The van der Waals surface area contributed by atoms with Gasteiger partial charge in [0, 0.05) is 29.7 Å². The van der Waals surface area contributed by atoms with Gasteiger partial charge in [-0.25, -0.2) is 4.98 Å². The van der Waals surface area contributed by atoms with E-state index in [0.717, 1.165) is 42.6 Å². The van der Waals surface area contributed by atoms with Crippen molar-refractivity contribution in [2.45, 2.75) is 19.3 Å². The Hall–Kier alpha value is -2.14. The molecule has 5 heteroatoms. The number of aromatic nitrogens is 2. The van der Waals surface area contributed by atoms with Gasteiger partial charge in [0.2, 0.25) is 0 Å². The number of nitrogens with one attached hydrogen (secondary N) is 1. The van der Waals surface area contributed by atoms with Crippen LogP contribution in [0, 0.1) is 5.92 Å². The van der Waals surface area contributed by atoms with Crippen molar-refractivity contribution in [1.82, 2.24) is 14.9 Å². The molecular weight excluding hydrogens is 306 g/mol. The fraction of sp³-hybridized carbons (Fsp3) is 0.333. The summed E-state index contributed by atoms with van der Waals surface area (Å²) in [5, 5.41) is 1.16. The number of carbonyl (C=O) groups excluding carboxylic acids is 1. The van der Waals surface area contributed by atoms with Crippen LogP contribution in [0.1, 0.15) is 28.2 Å². The minimum Gasteiger partial charge on any atom is -0.348 e. The lowest BCUT2D eigenvalue weighted by molar-refractivity contribution is 0.0695. The highest BCUT2D eigenvalue weighted by atomic mass is 32.1. The van der Waals surface area contributed by atoms with E-state index in [1.165, 1.54) is 10.4 Å². The van der Waals surface area contributed by atoms with Crippen LogP contribution in [0.2, 0.25) is 0 Å². The number of imidazole rings is 1. The number of nitrogens with zero attached hydrogens (tertiary/aromatic N) is 2. The average Bonchev–Trinajstić information content (AvgIpc) is 3.24. The Morgan fingerprint density at radius 1 is 1.30 bits per heavy atom. The SMILES string of the molecule is O=C(c1cc2ccccc2s1)N1CCC(Cc2cnc[nH]2)CC1. The standard InChI is InChI=1S/C18H19N3OS/c22-18(17-10-14-3-1-2-4-16(14)23-17)21-7-5-13(6-8-21)9-15-11-19-12-20-15/h1-4,10-13H,5-9H2,(H,19,20). The lowest BCUT2D eigenvalue weighted by Crippen LogP contribution is -2.38. The second kappa shape index (κ2) is 6.16. The highest BCUT2D eigenvalue weighted by Crippen LogP contribution is 2.28. The van der Waals surface area contributed by atoms with Crippen molar-refractivity contribution in [3.05, 3.63) is 53.4 Å². The summed E-state index contributed by atoms with van der Waals surface area (Å²) < 4.78 is 1.19. The normalized spacial score (nSPS) is 16.1. The van der Waals surface area contributed by atoms with Gasteiger partial charge in [-0.2, -0.15) is 0 Å². The fourth-order valence-electron chi connectivity index (χ4n) is 3.29. The topological polar surface area (TPSA) is 49.0 Å². The van der Waals surface area contributed by atoms with Crippen molar-refractivity contribution in [3.63, 3.8) is 0 Å². The van der Waals surface area contributed by atoms with Crippen LogP contribution in [-0.2, 0) is 6.42 Å². The Balaban J connectivity index is 1.40. The number of aromatic amines is 1. The van der Waals surface area contributed by atoms with Gasteiger partial charge in [0.1, 0.15) is 0 Å². The van der Waals surface area contributed by atoms with Gasteiger partial charge in [0.15, 0.2) is 0 Å². The predicted octanol–water partition coefficient (Wildman–Crippen LogP) is 3.72. The van der Waals surface area contributed by atoms with Gasteiger partial charge in [-0.15, -0.1) is 11.3 Å². The molecule has 1 fully saturated rings. The number of hydrogen-bond acceptors (Lipinski definition) is 3. The second-order valence-corrected chi connectivity index (χ2v) is 7.25. The molecule has 118 valence electrons. The first-order valence-corrected chi connectivity index (χ1v) is 8.86. The zero-order chi connectivity index (χ0) is 15.6. The molecule has 0 saturated carbocycles. The molecule has 1 amide bonds. The van der Waals surface area contributed by atoms with E-state index in [2.05, 4.69) is 22.1 Å². The quantitative estimate of drug-likeness (QED) is 0.798. The molecule has 0 atom stereocenters. The Labute approximate surface area is 139 Å². The molecule has 1 saturated heterocycles. The van der Waals surface area contributed by atoms with Crippen LogP contribution in [0.3, 0.4) is 0 Å². The molecule has 4 rings (SSSR count). The van der Waals surface area contributed by atoms with Crippen LogP contribution < -0.4 is 0 Å². The van der Waals surface area contributed by atoms with Gasteiger partial charge in [-0.3, -0.25) is 4.79 Å². The molecule has 3 aromatic rings. The highest BCUT2D eigenvalue weighted by molar-refractivity contribution is 7.20. The molecule has 4 nitrogen and oxygen atoms in total. The Morgan fingerprint density at radius 3 is 2.87 bits per heavy atom. The number of rotatable bonds is 3. The lowest BCUT2D eigenvalue weighted by atomic mass is 9.92. The molecule has 1 aromatic carbocycles. The summed E-state index contributed by atoms with van der Waals surface area (Å²) in [6, 6.07) is 10.2. The average molecular weight is 325 g/mol. The van der Waals surface area contributed by atoms with Crippen molar-refractivity contribution in [2.24, 2.45) is 5.92 Å². The smallest absolute Gasteiger partial charge is 0.263 e. The van der Waals surface area contributed by atoms with Gasteiger partial charge < -0.3 is 9.88 Å². The summed E-state index contributed by atoms with van der Waals surface area (Å²) in [5.74, 6) is 0.827. The molecule has 0 radical (unpaired) electrons. The molecule has 0 aliphatic carbocycles. The summed E-state index contributed by atoms with van der Waals surface area (Å²) in [6.45, 7) is 1.71. The van der Waals surface area contributed by atoms with Gasteiger partial charge in [0.05, 0.1) is 11.2 Å². The van der Waals surface area contributed by atoms with Crippen LogP contribution in [0.25, 0.3) is 10.1 Å². The third-order valence-corrected chi connectivity index (χ3v) is 5.71. The molecular formula is C18H19N3OS. The number of likely N-dealkylation sites (tertiary alicyclic amines) is 1. The van der Waals surface area contributed by atoms with E-state index < -0.39 is 0 Å². The van der Waals surface area contributed by atoms with Crippen molar-refractivity contribution < 1.29 is 4.79 Å². The third kappa shape index (κ3) is 3.01. The first-order chi connectivity index (χ1) is 11.3. The molecule has 1 aliphatic heterocycles. The molecule has 0 spiro atoms. The molecule has 1 aliphatic rings. The summed E-state index contributed by atoms with van der Waals surface area (Å²) in [4.78, 5) is 22.8. The Morgan fingerprint density at radius 2 is 2.13 bits per heavy atom. The van der Waals surface area contributed by atoms with Crippen LogP contribution in [0.15, 0.2) is 42.9 Å². The van der Waals surface area contributed by atoms with Crippen LogP contribution in [0.4, 0.5) is 0 Å². The summed E-state index contributed by atoms with van der Waals surface area (Å²) in [5.41, 5.74) is 1.19. The van der Waals surface area contributed by atoms with Gasteiger partial charge >= 0.3 is 0 Å². The summed E-state index contributed by atoms with van der Waals surface area (Å²) in [6.07, 6.45) is 6.79. The largest absolute Gasteiger partial charge is 0.348 e. The number of fused-ring (bicyclic) bond motifs is 1. The number of amides is 1. The number of thiophene rings is 1. The Bertz CT molecular complexity index is 768. The van der Waals surface area contributed by atoms with Gasteiger partial charge in [-0.05, 0) is 42.7 Å². The maximum absolute atomic E-state index is 12.7. The number of piperidine rings is 1. The number of carbonyl (C=O) groups is 1. The van der Waals surface area contributed by atoms with Crippen molar-refractivity contribution in [2.75, 3.05) is 13.1 Å². The summed E-state index contributed by atoms with van der Waals surface area (Å²) in [7, 11) is 0. The maximum atomic E-state index is 12.7. The number of H-pyrrole nitrogens is 1. The zero-order valence-corrected chi connectivity index (χ0v) is 13.7. The number of hydrogen-bond donors (Lipinski definition) is 1. The van der Waals surface area contributed by atoms with E-state index in [1.807, 2.05) is 29.3 Å². The molecule has 23 heavy (non-hydrogen) atoms. The molecule has 0 unspecified atom stereocenters. The molecule has 0 bridgehead atoms. The van der Waals surface area contributed by atoms with Crippen LogP contribution in [0.5, 0.6) is 0 Å². The predicted molar refractivity (Wildman–Crippen MR) is 92.7 cm³/mol. The molecule has 3 heterocycles. The van der Waals surface area contributed by atoms with E-state index in [1.54, 1.807) is 17.7 Å². The van der Waals surface area contributed by atoms with E-state index >= 15 is 0 Å². The fourth-order valence-corrected chi connectivity index (χ4v) is 4.32. The van der Waals surface area contributed by atoms with E-state index in [4.69, 9.17) is 0 Å².